The molecule has 6 rings (SSSR count). The first-order valence-electron chi connectivity index (χ1n) is 12.2. The van der Waals surface area contributed by atoms with Crippen LogP contribution in [0.3, 0.4) is 0 Å². The third-order valence-electron chi connectivity index (χ3n) is 6.33. The molecule has 6 aromatic rings. The fraction of sp³-hybridized carbons (Fsp3) is 0.0333. The van der Waals surface area contributed by atoms with Gasteiger partial charge >= 0.3 is 6.03 Å². The first-order valence-corrected chi connectivity index (χ1v) is 12.6. The number of halogens is 1. The van der Waals surface area contributed by atoms with E-state index in [2.05, 4.69) is 25.6 Å². The Morgan fingerprint density at radius 1 is 0.950 bits per heavy atom. The standard InChI is InChI=1S/C30H21ClN6O3/c1-40-25-10-9-20(15-33-25)35-30(39)36-24-16-34-29-22(28(24)38)14-21(26(37-29)17-6-3-2-4-7-17)19-12-18-8-5-11-32-27(18)23(31)13-19/h2-16H,1H3,(H,34,37,38)(H2,35,36,39). The molecule has 0 bridgehead atoms. The number of urea groups is 1. The molecule has 2 amide bonds. The molecule has 4 heterocycles. The van der Waals surface area contributed by atoms with Crippen LogP contribution in [0.4, 0.5) is 16.2 Å². The van der Waals surface area contributed by atoms with Gasteiger partial charge in [0.05, 0.1) is 40.6 Å². The zero-order chi connectivity index (χ0) is 27.6. The van der Waals surface area contributed by atoms with Crippen molar-refractivity contribution in [3.8, 4) is 28.3 Å². The lowest BCUT2D eigenvalue weighted by Gasteiger charge is -2.13. The summed E-state index contributed by atoms with van der Waals surface area (Å²) in [5.41, 5.74) is 4.22. The minimum absolute atomic E-state index is 0.0624. The number of benzene rings is 2. The van der Waals surface area contributed by atoms with Crippen molar-refractivity contribution in [2.75, 3.05) is 17.7 Å². The number of H-pyrrole nitrogens is 1. The maximum Gasteiger partial charge on any atom is 0.323 e. The van der Waals surface area contributed by atoms with Gasteiger partial charge in [0.1, 0.15) is 11.3 Å². The molecule has 2 aromatic carbocycles. The van der Waals surface area contributed by atoms with Crippen molar-refractivity contribution in [3.05, 3.63) is 107 Å². The van der Waals surface area contributed by atoms with Gasteiger partial charge in [-0.2, -0.15) is 0 Å². The second-order valence-corrected chi connectivity index (χ2v) is 9.29. The second kappa shape index (κ2) is 10.5. The summed E-state index contributed by atoms with van der Waals surface area (Å²) >= 11 is 6.61. The van der Waals surface area contributed by atoms with Crippen LogP contribution in [0, 0.1) is 0 Å². The Morgan fingerprint density at radius 2 is 1.80 bits per heavy atom. The number of aromatic nitrogens is 4. The average molecular weight is 549 g/mol. The van der Waals surface area contributed by atoms with Crippen molar-refractivity contribution in [2.45, 2.75) is 0 Å². The summed E-state index contributed by atoms with van der Waals surface area (Å²) in [6.45, 7) is 0. The summed E-state index contributed by atoms with van der Waals surface area (Å²) in [7, 11) is 1.50. The number of carbonyl (C=O) groups is 1. The van der Waals surface area contributed by atoms with Gasteiger partial charge in [-0.25, -0.2) is 14.8 Å². The summed E-state index contributed by atoms with van der Waals surface area (Å²) in [6, 6.07) is 21.7. The van der Waals surface area contributed by atoms with Crippen molar-refractivity contribution >= 4 is 50.9 Å². The number of methoxy groups -OCH3 is 1. The third-order valence-corrected chi connectivity index (χ3v) is 6.62. The molecule has 0 fully saturated rings. The van der Waals surface area contributed by atoms with Gasteiger partial charge in [-0.15, -0.1) is 0 Å². The SMILES string of the molecule is COc1ccc(NC(=O)Nc2c[nH]c3nc(-c4ccccc4)c(-c4cc(Cl)c5ncccc5c4)cc3c2=O)cn1. The quantitative estimate of drug-likeness (QED) is 0.226. The van der Waals surface area contributed by atoms with Crippen LogP contribution >= 0.6 is 11.6 Å². The summed E-state index contributed by atoms with van der Waals surface area (Å²) in [6.07, 6.45) is 4.57. The fourth-order valence-electron chi connectivity index (χ4n) is 4.44. The summed E-state index contributed by atoms with van der Waals surface area (Å²) in [5.74, 6) is 0.416. The molecule has 0 saturated carbocycles. The Labute approximate surface area is 232 Å². The van der Waals surface area contributed by atoms with Crippen LogP contribution in [-0.4, -0.2) is 33.1 Å². The van der Waals surface area contributed by atoms with Gasteiger partial charge in [0.25, 0.3) is 0 Å². The Hall–Kier alpha value is -5.28. The minimum Gasteiger partial charge on any atom is -0.481 e. The maximum absolute atomic E-state index is 13.5. The molecule has 0 spiro atoms. The van der Waals surface area contributed by atoms with Gasteiger partial charge in [0, 0.05) is 35.0 Å². The molecular weight excluding hydrogens is 528 g/mol. The summed E-state index contributed by atoms with van der Waals surface area (Å²) in [5, 5.41) is 6.91. The highest BCUT2D eigenvalue weighted by molar-refractivity contribution is 6.35. The Kier molecular flexibility index (Phi) is 6.55. The van der Waals surface area contributed by atoms with Gasteiger partial charge in [0.2, 0.25) is 11.3 Å². The molecule has 3 N–H and O–H groups in total. The Balaban J connectivity index is 1.44. The number of amides is 2. The van der Waals surface area contributed by atoms with E-state index in [0.717, 1.165) is 16.5 Å². The number of rotatable bonds is 5. The predicted molar refractivity (Wildman–Crippen MR) is 157 cm³/mol. The number of nitrogens with zero attached hydrogens (tertiary/aromatic N) is 3. The second-order valence-electron chi connectivity index (χ2n) is 8.88. The van der Waals surface area contributed by atoms with Crippen molar-refractivity contribution < 1.29 is 9.53 Å². The van der Waals surface area contributed by atoms with E-state index in [1.165, 1.54) is 19.5 Å². The zero-order valence-electron chi connectivity index (χ0n) is 21.1. The highest BCUT2D eigenvalue weighted by Gasteiger charge is 2.17. The van der Waals surface area contributed by atoms with Crippen molar-refractivity contribution in [1.82, 2.24) is 19.9 Å². The lowest BCUT2D eigenvalue weighted by Crippen LogP contribution is -2.24. The van der Waals surface area contributed by atoms with Crippen LogP contribution in [0.2, 0.25) is 5.02 Å². The molecule has 0 saturated heterocycles. The van der Waals surface area contributed by atoms with Crippen molar-refractivity contribution in [2.24, 2.45) is 0 Å². The third kappa shape index (κ3) is 4.81. The smallest absolute Gasteiger partial charge is 0.323 e. The van der Waals surface area contributed by atoms with E-state index in [-0.39, 0.29) is 5.69 Å². The van der Waals surface area contributed by atoms with Gasteiger partial charge < -0.3 is 20.4 Å². The van der Waals surface area contributed by atoms with Crippen LogP contribution in [0.5, 0.6) is 5.88 Å². The number of aromatic amines is 1. The first kappa shape index (κ1) is 25.0. The normalized spacial score (nSPS) is 10.9. The summed E-state index contributed by atoms with van der Waals surface area (Å²) in [4.78, 5) is 42.5. The molecule has 40 heavy (non-hydrogen) atoms. The Bertz CT molecular complexity index is 1940. The van der Waals surface area contributed by atoms with Gasteiger partial charge in [-0.05, 0) is 35.9 Å². The average Bonchev–Trinajstić information content (AvgIpc) is 2.99. The molecule has 9 nitrogen and oxygen atoms in total. The molecule has 10 heteroatoms. The molecule has 196 valence electrons. The number of pyridine rings is 4. The van der Waals surface area contributed by atoms with Gasteiger partial charge in [-0.3, -0.25) is 9.78 Å². The number of anilines is 2. The predicted octanol–water partition coefficient (Wildman–Crippen LogP) is 6.51. The highest BCUT2D eigenvalue weighted by Crippen LogP contribution is 2.36. The van der Waals surface area contributed by atoms with E-state index in [9.17, 15) is 9.59 Å². The van der Waals surface area contributed by atoms with Crippen LogP contribution < -0.4 is 20.8 Å². The van der Waals surface area contributed by atoms with Crippen LogP contribution in [-0.2, 0) is 0 Å². The first-order chi connectivity index (χ1) is 19.5. The number of hydrogen-bond acceptors (Lipinski definition) is 6. The van der Waals surface area contributed by atoms with E-state index in [4.69, 9.17) is 21.3 Å². The molecule has 0 radical (unpaired) electrons. The topological polar surface area (TPSA) is 122 Å². The highest BCUT2D eigenvalue weighted by atomic mass is 35.5. The van der Waals surface area contributed by atoms with Gasteiger partial charge in [-0.1, -0.05) is 48.0 Å². The summed E-state index contributed by atoms with van der Waals surface area (Å²) < 4.78 is 5.03. The number of hydrogen-bond donors (Lipinski definition) is 3. The molecule has 0 atom stereocenters. The molecule has 4 aromatic heterocycles. The molecule has 0 unspecified atom stereocenters. The number of ether oxygens (including phenoxy) is 1. The molecule has 0 aliphatic heterocycles. The lowest BCUT2D eigenvalue weighted by atomic mass is 9.96. The van der Waals surface area contributed by atoms with E-state index >= 15 is 0 Å². The molecule has 0 aliphatic rings. The molecular formula is C30H21ClN6O3. The number of carbonyl (C=O) groups excluding carboxylic acids is 1. The van der Waals surface area contributed by atoms with Gasteiger partial charge in [0.15, 0.2) is 0 Å². The van der Waals surface area contributed by atoms with E-state index in [1.807, 2.05) is 54.6 Å². The van der Waals surface area contributed by atoms with E-state index < -0.39 is 11.5 Å². The zero-order valence-corrected chi connectivity index (χ0v) is 21.9. The largest absolute Gasteiger partial charge is 0.481 e. The maximum atomic E-state index is 13.5. The van der Waals surface area contributed by atoms with E-state index in [0.29, 0.717) is 44.4 Å². The van der Waals surface area contributed by atoms with E-state index in [1.54, 1.807) is 24.4 Å². The fourth-order valence-corrected chi connectivity index (χ4v) is 4.72. The molecule has 0 aliphatic carbocycles. The van der Waals surface area contributed by atoms with Crippen LogP contribution in [0.15, 0.2) is 96.2 Å². The minimum atomic E-state index is -0.597. The van der Waals surface area contributed by atoms with Crippen molar-refractivity contribution in [3.63, 3.8) is 0 Å². The number of fused-ring (bicyclic) bond motifs is 2. The van der Waals surface area contributed by atoms with Crippen LogP contribution in [0.1, 0.15) is 0 Å². The Morgan fingerprint density at radius 3 is 2.58 bits per heavy atom. The number of nitrogens with one attached hydrogen (secondary N) is 3. The lowest BCUT2D eigenvalue weighted by molar-refractivity contribution is 0.262. The van der Waals surface area contributed by atoms with Crippen molar-refractivity contribution in [1.29, 1.82) is 0 Å². The monoisotopic (exact) mass is 548 g/mol. The van der Waals surface area contributed by atoms with Crippen LogP contribution in [0.25, 0.3) is 44.3 Å².